The lowest BCUT2D eigenvalue weighted by Gasteiger charge is -2.06. The van der Waals surface area contributed by atoms with Gasteiger partial charge in [0, 0.05) is 12.5 Å². The zero-order valence-electron chi connectivity index (χ0n) is 9.65. The van der Waals surface area contributed by atoms with Crippen molar-refractivity contribution in [3.63, 3.8) is 0 Å². The fraction of sp³-hybridized carbons (Fsp3) is 0.400. The van der Waals surface area contributed by atoms with Gasteiger partial charge in [0.2, 0.25) is 0 Å². The average Bonchev–Trinajstić information content (AvgIpc) is 2.30. The van der Waals surface area contributed by atoms with E-state index in [2.05, 4.69) is 9.72 Å². The number of halogens is 2. The van der Waals surface area contributed by atoms with Gasteiger partial charge in [-0.2, -0.15) is 0 Å². The second kappa shape index (κ2) is 5.48. The van der Waals surface area contributed by atoms with E-state index in [1.165, 1.54) is 6.92 Å². The van der Waals surface area contributed by atoms with Crippen LogP contribution in [-0.4, -0.2) is 23.0 Å². The van der Waals surface area contributed by atoms with Gasteiger partial charge in [-0.25, -0.2) is 8.78 Å². The lowest BCUT2D eigenvalue weighted by Crippen LogP contribution is -2.09. The Labute approximate surface area is 101 Å². The van der Waals surface area contributed by atoms with Crippen LogP contribution in [-0.2, 0) is 16.0 Å². The number of carbonyl (C=O) groups excluding carboxylic acids is 1. The molecule has 0 unspecified atom stereocenters. The van der Waals surface area contributed by atoms with Gasteiger partial charge in [0.1, 0.15) is 5.56 Å². The van der Waals surface area contributed by atoms with Crippen molar-refractivity contribution < 1.29 is 23.2 Å². The molecule has 18 heavy (non-hydrogen) atoms. The van der Waals surface area contributed by atoms with Crippen molar-refractivity contribution in [2.75, 3.05) is 7.11 Å². The molecule has 0 atom stereocenters. The third kappa shape index (κ3) is 2.96. The number of esters is 1. The number of pyridine rings is 1. The van der Waals surface area contributed by atoms with E-state index in [1.807, 2.05) is 0 Å². The molecule has 0 bridgehead atoms. The van der Waals surface area contributed by atoms with E-state index in [0.717, 1.165) is 13.2 Å². The zero-order valence-corrected chi connectivity index (χ0v) is 9.65. The molecule has 1 heterocycles. The third-order valence-electron chi connectivity index (χ3n) is 2.30. The maximum Gasteiger partial charge on any atom is 0.372 e. The molecule has 0 N–H and O–H groups in total. The number of aromatic nitrogens is 1. The molecule has 1 aromatic heterocycles. The highest BCUT2D eigenvalue weighted by Gasteiger charge is 2.26. The van der Waals surface area contributed by atoms with Crippen molar-refractivity contribution in [2.24, 2.45) is 0 Å². The minimum atomic E-state index is -3.03. The van der Waals surface area contributed by atoms with E-state index >= 15 is 0 Å². The summed E-state index contributed by atoms with van der Waals surface area (Å²) in [5.74, 6) is -1.52. The summed E-state index contributed by atoms with van der Waals surface area (Å²) in [6, 6.07) is 0.919. The minimum absolute atomic E-state index is 0.150. The van der Waals surface area contributed by atoms with E-state index in [9.17, 15) is 23.7 Å². The molecule has 0 amide bonds. The van der Waals surface area contributed by atoms with Gasteiger partial charge in [-0.15, -0.1) is 0 Å². The summed E-state index contributed by atoms with van der Waals surface area (Å²) in [4.78, 5) is 24.2. The molecule has 0 aliphatic carbocycles. The topological polar surface area (TPSA) is 82.3 Å². The molecule has 0 aliphatic heterocycles. The van der Waals surface area contributed by atoms with Gasteiger partial charge in [0.05, 0.1) is 13.5 Å². The van der Waals surface area contributed by atoms with Crippen molar-refractivity contribution >= 4 is 11.8 Å². The van der Waals surface area contributed by atoms with Crippen molar-refractivity contribution in [1.82, 2.24) is 4.98 Å². The molecule has 0 aliphatic rings. The molecule has 0 saturated heterocycles. The molecule has 0 saturated carbocycles. The number of nitro groups is 1. The van der Waals surface area contributed by atoms with Crippen LogP contribution >= 0.6 is 0 Å². The first kappa shape index (κ1) is 13.9. The molecule has 1 aromatic rings. The maximum atomic E-state index is 12.7. The summed E-state index contributed by atoms with van der Waals surface area (Å²) in [7, 11) is 1.16. The van der Waals surface area contributed by atoms with Crippen LogP contribution in [0.4, 0.5) is 14.6 Å². The number of hydrogen-bond acceptors (Lipinski definition) is 5. The first-order chi connectivity index (χ1) is 8.36. The highest BCUT2D eigenvalue weighted by Crippen LogP contribution is 2.29. The lowest BCUT2D eigenvalue weighted by molar-refractivity contribution is -0.391. The second-order valence-corrected chi connectivity index (χ2v) is 3.46. The van der Waals surface area contributed by atoms with E-state index in [-0.39, 0.29) is 17.7 Å². The number of ether oxygens (including phenoxy) is 1. The molecular weight excluding hydrogens is 250 g/mol. The van der Waals surface area contributed by atoms with Crippen LogP contribution < -0.4 is 0 Å². The van der Waals surface area contributed by atoms with Gasteiger partial charge in [0.25, 0.3) is 6.43 Å². The SMILES string of the molecule is COC(=O)Cc1cc(C(F)F)c([N+](=O)[O-])nc1C. The summed E-state index contributed by atoms with van der Waals surface area (Å²) < 4.78 is 29.7. The Bertz CT molecular complexity index is 491. The van der Waals surface area contributed by atoms with Crippen LogP contribution in [0.5, 0.6) is 0 Å². The predicted octanol–water partition coefficient (Wildman–Crippen LogP) is 1.95. The largest absolute Gasteiger partial charge is 0.469 e. The highest BCUT2D eigenvalue weighted by molar-refractivity contribution is 5.72. The van der Waals surface area contributed by atoms with Crippen molar-refractivity contribution in [2.45, 2.75) is 19.8 Å². The normalized spacial score (nSPS) is 10.5. The Hall–Kier alpha value is -2.12. The number of aryl methyl sites for hydroxylation is 1. The third-order valence-corrected chi connectivity index (χ3v) is 2.30. The summed E-state index contributed by atoms with van der Waals surface area (Å²) in [6.07, 6.45) is -3.29. The molecule has 98 valence electrons. The predicted molar refractivity (Wildman–Crippen MR) is 56.3 cm³/mol. The Balaban J connectivity index is 3.27. The van der Waals surface area contributed by atoms with Crippen LogP contribution in [0, 0.1) is 17.0 Å². The first-order valence-corrected chi connectivity index (χ1v) is 4.86. The number of methoxy groups -OCH3 is 1. The van der Waals surface area contributed by atoms with E-state index < -0.39 is 28.7 Å². The quantitative estimate of drug-likeness (QED) is 0.469. The maximum absolute atomic E-state index is 12.7. The van der Waals surface area contributed by atoms with Gasteiger partial charge in [-0.05, 0) is 16.0 Å². The van der Waals surface area contributed by atoms with Crippen molar-refractivity contribution in [3.05, 3.63) is 33.0 Å². The summed E-state index contributed by atoms with van der Waals surface area (Å²) in [5, 5.41) is 10.6. The molecule has 0 fully saturated rings. The number of nitrogens with zero attached hydrogens (tertiary/aromatic N) is 2. The highest BCUT2D eigenvalue weighted by atomic mass is 19.3. The number of carbonyl (C=O) groups is 1. The van der Waals surface area contributed by atoms with Crippen LogP contribution in [0.15, 0.2) is 6.07 Å². The van der Waals surface area contributed by atoms with Crippen LogP contribution in [0.25, 0.3) is 0 Å². The average molecular weight is 260 g/mol. The van der Waals surface area contributed by atoms with E-state index in [0.29, 0.717) is 0 Å². The fourth-order valence-electron chi connectivity index (χ4n) is 1.37. The molecule has 0 aromatic carbocycles. The smallest absolute Gasteiger partial charge is 0.372 e. The van der Waals surface area contributed by atoms with Gasteiger partial charge >= 0.3 is 11.8 Å². The summed E-state index contributed by atoms with van der Waals surface area (Å²) in [6.45, 7) is 1.40. The second-order valence-electron chi connectivity index (χ2n) is 3.46. The zero-order chi connectivity index (χ0) is 13.9. The molecule has 0 radical (unpaired) electrons. The van der Waals surface area contributed by atoms with Crippen LogP contribution in [0.3, 0.4) is 0 Å². The molecular formula is C10H10F2N2O4. The Kier molecular flexibility index (Phi) is 4.24. The summed E-state index contributed by atoms with van der Waals surface area (Å²) in [5.41, 5.74) is -0.469. The standard InChI is InChI=1S/C10H10F2N2O4/c1-5-6(4-8(15)18-2)3-7(9(11)12)10(13-5)14(16)17/h3,9H,4H2,1-2H3. The van der Waals surface area contributed by atoms with Crippen molar-refractivity contribution in [3.8, 4) is 0 Å². The number of alkyl halides is 2. The Morgan fingerprint density at radius 2 is 2.22 bits per heavy atom. The van der Waals surface area contributed by atoms with Crippen LogP contribution in [0.1, 0.15) is 23.2 Å². The van der Waals surface area contributed by atoms with Crippen molar-refractivity contribution in [1.29, 1.82) is 0 Å². The van der Waals surface area contributed by atoms with Gasteiger partial charge < -0.3 is 14.9 Å². The number of hydrogen-bond donors (Lipinski definition) is 0. The molecule has 1 rings (SSSR count). The van der Waals surface area contributed by atoms with Gasteiger partial charge in [0.15, 0.2) is 5.69 Å². The van der Waals surface area contributed by atoms with E-state index in [1.54, 1.807) is 0 Å². The molecule has 8 heteroatoms. The van der Waals surface area contributed by atoms with Gasteiger partial charge in [-0.1, -0.05) is 0 Å². The summed E-state index contributed by atoms with van der Waals surface area (Å²) >= 11 is 0. The molecule has 0 spiro atoms. The monoisotopic (exact) mass is 260 g/mol. The minimum Gasteiger partial charge on any atom is -0.469 e. The fourth-order valence-corrected chi connectivity index (χ4v) is 1.37. The Morgan fingerprint density at radius 3 is 2.67 bits per heavy atom. The van der Waals surface area contributed by atoms with Crippen LogP contribution in [0.2, 0.25) is 0 Å². The molecule has 6 nitrogen and oxygen atoms in total. The van der Waals surface area contributed by atoms with E-state index in [4.69, 9.17) is 0 Å². The number of rotatable bonds is 4. The Morgan fingerprint density at radius 1 is 1.61 bits per heavy atom. The lowest BCUT2D eigenvalue weighted by atomic mass is 10.1. The first-order valence-electron chi connectivity index (χ1n) is 4.86. The van der Waals surface area contributed by atoms with Gasteiger partial charge in [-0.3, -0.25) is 4.79 Å².